The van der Waals surface area contributed by atoms with Crippen LogP contribution in [0.4, 0.5) is 0 Å². The number of hydrogen-bond donors (Lipinski definition) is 2. The van der Waals surface area contributed by atoms with E-state index >= 15 is 0 Å². The van der Waals surface area contributed by atoms with Crippen molar-refractivity contribution in [2.24, 2.45) is 0 Å². The molecule has 0 unspecified atom stereocenters. The van der Waals surface area contributed by atoms with E-state index in [1.165, 1.54) is 0 Å². The van der Waals surface area contributed by atoms with Gasteiger partial charge in [-0.2, -0.15) is 0 Å². The highest BCUT2D eigenvalue weighted by Gasteiger charge is 2.48. The molecule has 0 saturated carbocycles. The Morgan fingerprint density at radius 3 is 2.69 bits per heavy atom. The molecule has 2 aromatic carbocycles. The van der Waals surface area contributed by atoms with Gasteiger partial charge in [0.1, 0.15) is 5.75 Å². The Bertz CT molecular complexity index is 1120. The summed E-state index contributed by atoms with van der Waals surface area (Å²) in [4.78, 5) is 0. The Morgan fingerprint density at radius 2 is 1.97 bits per heavy atom. The fraction of sp³-hybridized carbons (Fsp3) is 0.360. The van der Waals surface area contributed by atoms with E-state index in [1.807, 2.05) is 49.4 Å². The molecule has 0 aromatic heterocycles. The summed E-state index contributed by atoms with van der Waals surface area (Å²) in [6.45, 7) is 2.05. The van der Waals surface area contributed by atoms with Gasteiger partial charge < -0.3 is 14.8 Å². The quantitative estimate of drug-likeness (QED) is 0.368. The van der Waals surface area contributed by atoms with Crippen LogP contribution in [0.3, 0.4) is 0 Å². The molecule has 0 radical (unpaired) electrons. The topological polar surface area (TPSA) is 83.8 Å². The number of allylic oxidation sites excluding steroid dienone is 1. The van der Waals surface area contributed by atoms with Crippen molar-refractivity contribution >= 4 is 28.6 Å². The van der Waals surface area contributed by atoms with Gasteiger partial charge in [0.05, 0.1) is 17.1 Å². The molecule has 2 atom stereocenters. The predicted molar refractivity (Wildman–Crippen MR) is 129 cm³/mol. The van der Waals surface area contributed by atoms with Crippen molar-refractivity contribution in [1.29, 1.82) is 0 Å². The first-order valence-electron chi connectivity index (χ1n) is 11.2. The minimum absolute atomic E-state index is 0.0814. The molecule has 2 N–H and O–H groups in total. The third-order valence-electron chi connectivity index (χ3n) is 6.23. The van der Waals surface area contributed by atoms with Gasteiger partial charge in [-0.1, -0.05) is 67.5 Å². The zero-order valence-corrected chi connectivity index (χ0v) is 19.1. The second-order valence-electron chi connectivity index (χ2n) is 8.59. The van der Waals surface area contributed by atoms with E-state index in [9.17, 15) is 18.5 Å². The van der Waals surface area contributed by atoms with Crippen LogP contribution in [-0.4, -0.2) is 42.8 Å². The molecule has 2 aliphatic heterocycles. The molecule has 1 saturated heterocycles. The maximum atomic E-state index is 12.8. The van der Waals surface area contributed by atoms with Crippen molar-refractivity contribution in [3.05, 3.63) is 76.9 Å². The van der Waals surface area contributed by atoms with Crippen molar-refractivity contribution in [2.75, 3.05) is 5.75 Å². The summed E-state index contributed by atoms with van der Waals surface area (Å²) < 4.78 is 31.4. The molecule has 0 spiro atoms. The average molecular weight is 452 g/mol. The maximum Gasteiger partial charge on any atom is 0.456 e. The second kappa shape index (κ2) is 9.65. The average Bonchev–Trinajstić information content (AvgIpc) is 3.01. The van der Waals surface area contributed by atoms with E-state index < -0.39 is 28.3 Å². The second-order valence-corrected chi connectivity index (χ2v) is 10.8. The molecule has 2 aliphatic rings. The Balaban J connectivity index is 1.64. The molecule has 168 valence electrons. The van der Waals surface area contributed by atoms with E-state index in [4.69, 9.17) is 4.65 Å². The van der Waals surface area contributed by atoms with Gasteiger partial charge in [-0.25, -0.2) is 8.42 Å². The van der Waals surface area contributed by atoms with E-state index in [0.717, 1.165) is 40.7 Å². The molecule has 0 aliphatic carbocycles. The van der Waals surface area contributed by atoms with Gasteiger partial charge in [0.25, 0.3) is 0 Å². The Kier molecular flexibility index (Phi) is 6.89. The molecule has 2 aromatic rings. The zero-order valence-electron chi connectivity index (χ0n) is 18.3. The molecule has 2 heterocycles. The summed E-state index contributed by atoms with van der Waals surface area (Å²) in [5, 5.41) is 19.5. The Labute approximate surface area is 190 Å². The van der Waals surface area contributed by atoms with Crippen molar-refractivity contribution in [1.82, 2.24) is 0 Å². The van der Waals surface area contributed by atoms with Gasteiger partial charge in [-0.05, 0) is 53.7 Å². The van der Waals surface area contributed by atoms with Gasteiger partial charge in [0.15, 0.2) is 9.84 Å². The summed E-state index contributed by atoms with van der Waals surface area (Å²) in [5.74, 6) is 0.288. The number of hydrogen-bond acceptors (Lipinski definition) is 5. The minimum Gasteiger partial charge on any atom is -0.508 e. The maximum absolute atomic E-state index is 12.8. The first-order valence-corrected chi connectivity index (χ1v) is 12.9. The molecule has 7 heteroatoms. The molecule has 32 heavy (non-hydrogen) atoms. The number of sulfone groups is 1. The normalized spacial score (nSPS) is 22.8. The van der Waals surface area contributed by atoms with E-state index in [0.29, 0.717) is 12.8 Å². The van der Waals surface area contributed by atoms with Gasteiger partial charge in [-0.3, -0.25) is 0 Å². The Morgan fingerprint density at radius 1 is 1.19 bits per heavy atom. The lowest BCUT2D eigenvalue weighted by Gasteiger charge is -2.32. The van der Waals surface area contributed by atoms with Crippen LogP contribution in [0.2, 0.25) is 6.32 Å². The molecule has 5 nitrogen and oxygen atoms in total. The lowest BCUT2D eigenvalue weighted by atomic mass is 9.74. The van der Waals surface area contributed by atoms with Crippen molar-refractivity contribution in [3.63, 3.8) is 0 Å². The summed E-state index contributed by atoms with van der Waals surface area (Å²) in [6.07, 6.45) is 4.58. The lowest BCUT2D eigenvalue weighted by molar-refractivity contribution is 0.171. The highest BCUT2D eigenvalue weighted by atomic mass is 32.2. The van der Waals surface area contributed by atoms with Crippen LogP contribution in [-0.2, 0) is 14.5 Å². The molecule has 4 rings (SSSR count). The molecule has 0 amide bonds. The van der Waals surface area contributed by atoms with Gasteiger partial charge in [0, 0.05) is 6.32 Å². The minimum atomic E-state index is -3.28. The first kappa shape index (κ1) is 22.8. The van der Waals surface area contributed by atoms with Crippen molar-refractivity contribution in [3.8, 4) is 5.75 Å². The number of aromatic hydroxyl groups is 1. The third-order valence-corrected chi connectivity index (χ3v) is 8.30. The van der Waals surface area contributed by atoms with Crippen LogP contribution in [0.15, 0.2) is 65.7 Å². The van der Waals surface area contributed by atoms with Crippen LogP contribution in [0.5, 0.6) is 5.75 Å². The molecular formula is C25H29BO5S. The lowest BCUT2D eigenvalue weighted by Crippen LogP contribution is -2.41. The first-order chi connectivity index (χ1) is 15.4. The fourth-order valence-corrected chi connectivity index (χ4v) is 7.02. The molecule has 1 fully saturated rings. The van der Waals surface area contributed by atoms with Crippen LogP contribution < -0.4 is 0 Å². The van der Waals surface area contributed by atoms with E-state index in [-0.39, 0.29) is 17.8 Å². The fourth-order valence-electron chi connectivity index (χ4n) is 4.85. The van der Waals surface area contributed by atoms with Crippen LogP contribution in [0, 0.1) is 0 Å². The molecular weight excluding hydrogens is 423 g/mol. The summed E-state index contributed by atoms with van der Waals surface area (Å²) in [6, 6.07) is 17.1. The van der Waals surface area contributed by atoms with Crippen LogP contribution >= 0.6 is 0 Å². The SMILES string of the molecule is CCCC1=C2[C@@H](CC/C(=C/c3cccc(O)c3)c3ccccc3)OB(O)C[C@@H]2S(=O)(=O)C1. The summed E-state index contributed by atoms with van der Waals surface area (Å²) >= 11 is 0. The van der Waals surface area contributed by atoms with Crippen molar-refractivity contribution in [2.45, 2.75) is 50.3 Å². The van der Waals surface area contributed by atoms with E-state index in [1.54, 1.807) is 18.2 Å². The zero-order chi connectivity index (χ0) is 22.7. The van der Waals surface area contributed by atoms with Crippen LogP contribution in [0.1, 0.15) is 43.7 Å². The monoisotopic (exact) mass is 452 g/mol. The largest absolute Gasteiger partial charge is 0.508 e. The number of benzene rings is 2. The number of fused-ring (bicyclic) bond motifs is 1. The predicted octanol–water partition coefficient (Wildman–Crippen LogP) is 4.49. The number of rotatable bonds is 7. The molecule has 0 bridgehead atoms. The van der Waals surface area contributed by atoms with E-state index in [2.05, 4.69) is 0 Å². The highest BCUT2D eigenvalue weighted by molar-refractivity contribution is 7.92. The smallest absolute Gasteiger partial charge is 0.456 e. The van der Waals surface area contributed by atoms with Crippen LogP contribution in [0.25, 0.3) is 11.6 Å². The summed E-state index contributed by atoms with van der Waals surface area (Å²) in [5.41, 5.74) is 4.86. The standard InChI is InChI=1S/C25H29BO5S/c1-2-7-21-17-32(29,30)24-16-26(28)31-23(25(21)24)13-12-20(19-9-4-3-5-10-19)14-18-8-6-11-22(27)15-18/h3-6,8-11,14-15,23-24,27-28H,2,7,12-13,16-17H2,1H3/b20-14-/t23-,24+/m1/s1. The van der Waals surface area contributed by atoms with Crippen molar-refractivity contribution < 1.29 is 23.2 Å². The number of phenols is 1. The highest BCUT2D eigenvalue weighted by Crippen LogP contribution is 2.41. The number of phenolic OH excluding ortho intramolecular Hbond substituents is 1. The van der Waals surface area contributed by atoms with Gasteiger partial charge in [-0.15, -0.1) is 0 Å². The third kappa shape index (κ3) is 5.01. The summed E-state index contributed by atoms with van der Waals surface area (Å²) in [7, 11) is -4.35. The van der Waals surface area contributed by atoms with Gasteiger partial charge >= 0.3 is 7.12 Å². The Hall–Kier alpha value is -2.35. The van der Waals surface area contributed by atoms with Gasteiger partial charge in [0.2, 0.25) is 0 Å².